The number of esters is 1. The lowest BCUT2D eigenvalue weighted by Gasteiger charge is -2.31. The van der Waals surface area contributed by atoms with Crippen LogP contribution in [0, 0.1) is 0 Å². The van der Waals surface area contributed by atoms with Gasteiger partial charge in [-0.25, -0.2) is 4.79 Å². The molecule has 0 fully saturated rings. The molecule has 0 saturated heterocycles. The number of benzene rings is 3. The Morgan fingerprint density at radius 2 is 1.67 bits per heavy atom. The summed E-state index contributed by atoms with van der Waals surface area (Å²) >= 11 is 7.72. The van der Waals surface area contributed by atoms with Gasteiger partial charge in [-0.2, -0.15) is 0 Å². The number of anilines is 2. The van der Waals surface area contributed by atoms with Crippen LogP contribution >= 0.6 is 23.4 Å². The molecule has 166 valence electrons. The Balaban J connectivity index is 1.57. The molecular weight excluding hydrogens is 460 g/mol. The van der Waals surface area contributed by atoms with Crippen molar-refractivity contribution in [3.05, 3.63) is 89.1 Å². The number of halogens is 1. The van der Waals surface area contributed by atoms with Crippen molar-refractivity contribution in [2.45, 2.75) is 16.7 Å². The predicted molar refractivity (Wildman–Crippen MR) is 128 cm³/mol. The van der Waals surface area contributed by atoms with Crippen LogP contribution in [0.3, 0.4) is 0 Å². The molecule has 2 amide bonds. The molecule has 1 N–H and O–H groups in total. The molecule has 33 heavy (non-hydrogen) atoms. The third kappa shape index (κ3) is 5.27. The Kier molecular flexibility index (Phi) is 6.82. The first-order valence-corrected chi connectivity index (χ1v) is 11.2. The van der Waals surface area contributed by atoms with Crippen molar-refractivity contribution in [1.82, 2.24) is 5.32 Å². The normalized spacial score (nSPS) is 12.4. The van der Waals surface area contributed by atoms with E-state index in [0.29, 0.717) is 22.0 Å². The molecular formula is C25H19ClN2O4S. The van der Waals surface area contributed by atoms with Gasteiger partial charge in [0.2, 0.25) is 5.91 Å². The summed E-state index contributed by atoms with van der Waals surface area (Å²) in [5.74, 6) is -1.68. The molecule has 0 atom stereocenters. The van der Waals surface area contributed by atoms with Gasteiger partial charge in [0.15, 0.2) is 6.61 Å². The summed E-state index contributed by atoms with van der Waals surface area (Å²) in [6, 6.07) is 21.8. The lowest BCUT2D eigenvalue weighted by molar-refractivity contribution is -0.144. The minimum atomic E-state index is -0.812. The van der Waals surface area contributed by atoms with Gasteiger partial charge in [0.1, 0.15) is 5.70 Å². The number of amides is 2. The van der Waals surface area contributed by atoms with Gasteiger partial charge in [-0.3, -0.25) is 14.5 Å². The zero-order valence-corrected chi connectivity index (χ0v) is 19.2. The van der Waals surface area contributed by atoms with Crippen LogP contribution in [0.5, 0.6) is 0 Å². The van der Waals surface area contributed by atoms with Crippen molar-refractivity contribution in [2.24, 2.45) is 0 Å². The maximum Gasteiger partial charge on any atom is 0.355 e. The fraction of sp³-hybridized carbons (Fsp3) is 0.0800. The third-order valence-corrected chi connectivity index (χ3v) is 6.07. The first-order valence-electron chi connectivity index (χ1n) is 10.0. The van der Waals surface area contributed by atoms with Crippen LogP contribution < -0.4 is 10.2 Å². The minimum Gasteiger partial charge on any atom is -0.451 e. The van der Waals surface area contributed by atoms with E-state index in [9.17, 15) is 14.4 Å². The Bertz CT molecular complexity index is 1260. The fourth-order valence-electron chi connectivity index (χ4n) is 3.32. The second-order valence-electron chi connectivity index (χ2n) is 7.14. The SMILES string of the molecule is CC(=O)N/C(=C/c1ccccc1)C(=O)OCC(=O)N1c2ccccc2Sc2ccc(Cl)cc21. The van der Waals surface area contributed by atoms with E-state index in [0.717, 1.165) is 9.79 Å². The number of fused-ring (bicyclic) bond motifs is 2. The Morgan fingerprint density at radius 3 is 2.42 bits per heavy atom. The number of ether oxygens (including phenoxy) is 1. The van der Waals surface area contributed by atoms with Crippen LogP contribution in [0.2, 0.25) is 5.02 Å². The second kappa shape index (κ2) is 9.94. The maximum atomic E-state index is 13.2. The van der Waals surface area contributed by atoms with Gasteiger partial charge in [0, 0.05) is 21.7 Å². The Labute approximate surface area is 200 Å². The number of nitrogens with zero attached hydrogens (tertiary/aromatic N) is 1. The predicted octanol–water partition coefficient (Wildman–Crippen LogP) is 5.19. The topological polar surface area (TPSA) is 75.7 Å². The number of rotatable bonds is 5. The van der Waals surface area contributed by atoms with E-state index in [2.05, 4.69) is 5.32 Å². The van der Waals surface area contributed by atoms with Gasteiger partial charge in [-0.15, -0.1) is 0 Å². The first-order chi connectivity index (χ1) is 15.9. The molecule has 0 aromatic heterocycles. The number of carbonyl (C=O) groups excluding carboxylic acids is 3. The van der Waals surface area contributed by atoms with E-state index >= 15 is 0 Å². The Hall–Kier alpha value is -3.55. The Morgan fingerprint density at radius 1 is 0.970 bits per heavy atom. The third-order valence-electron chi connectivity index (χ3n) is 4.71. The van der Waals surface area contributed by atoms with Crippen LogP contribution in [-0.2, 0) is 19.1 Å². The van der Waals surface area contributed by atoms with Crippen molar-refractivity contribution in [3.63, 3.8) is 0 Å². The van der Waals surface area contributed by atoms with Gasteiger partial charge >= 0.3 is 5.97 Å². The van der Waals surface area contributed by atoms with Gasteiger partial charge in [0.05, 0.1) is 11.4 Å². The van der Waals surface area contributed by atoms with Crippen molar-refractivity contribution < 1.29 is 19.1 Å². The highest BCUT2D eigenvalue weighted by Crippen LogP contribution is 2.48. The molecule has 1 aliphatic heterocycles. The molecule has 4 rings (SSSR count). The largest absolute Gasteiger partial charge is 0.451 e. The van der Waals surface area contributed by atoms with Gasteiger partial charge < -0.3 is 10.1 Å². The molecule has 0 spiro atoms. The van der Waals surface area contributed by atoms with E-state index in [1.807, 2.05) is 36.4 Å². The molecule has 0 aliphatic carbocycles. The van der Waals surface area contributed by atoms with Crippen molar-refractivity contribution in [1.29, 1.82) is 0 Å². The zero-order chi connectivity index (χ0) is 23.4. The summed E-state index contributed by atoms with van der Waals surface area (Å²) < 4.78 is 5.30. The van der Waals surface area contributed by atoms with E-state index in [-0.39, 0.29) is 5.70 Å². The lowest BCUT2D eigenvalue weighted by atomic mass is 10.2. The molecule has 1 aliphatic rings. The van der Waals surface area contributed by atoms with Crippen molar-refractivity contribution in [3.8, 4) is 0 Å². The van der Waals surface area contributed by atoms with E-state index in [1.54, 1.807) is 36.4 Å². The lowest BCUT2D eigenvalue weighted by Crippen LogP contribution is -2.34. The summed E-state index contributed by atoms with van der Waals surface area (Å²) in [5, 5.41) is 2.96. The monoisotopic (exact) mass is 478 g/mol. The minimum absolute atomic E-state index is 0.0560. The molecule has 6 nitrogen and oxygen atoms in total. The summed E-state index contributed by atoms with van der Waals surface area (Å²) in [4.78, 5) is 40.8. The van der Waals surface area contributed by atoms with Gasteiger partial charge in [-0.05, 0) is 42.0 Å². The number of hydrogen-bond acceptors (Lipinski definition) is 5. The smallest absolute Gasteiger partial charge is 0.355 e. The number of nitrogens with one attached hydrogen (secondary N) is 1. The average Bonchev–Trinajstić information content (AvgIpc) is 2.81. The molecule has 3 aromatic carbocycles. The summed E-state index contributed by atoms with van der Waals surface area (Å²) in [6.45, 7) is 0.774. The van der Waals surface area contributed by atoms with Crippen LogP contribution in [0.1, 0.15) is 12.5 Å². The summed E-state index contributed by atoms with van der Waals surface area (Å²) in [7, 11) is 0. The molecule has 0 radical (unpaired) electrons. The molecule has 0 bridgehead atoms. The molecule has 1 heterocycles. The van der Waals surface area contributed by atoms with E-state index in [4.69, 9.17) is 16.3 Å². The quantitative estimate of drug-likeness (QED) is 0.403. The van der Waals surface area contributed by atoms with Crippen LogP contribution in [-0.4, -0.2) is 24.4 Å². The van der Waals surface area contributed by atoms with Gasteiger partial charge in [0.25, 0.3) is 5.91 Å². The summed E-state index contributed by atoms with van der Waals surface area (Å²) in [6.07, 6.45) is 1.50. The highest BCUT2D eigenvalue weighted by Gasteiger charge is 2.29. The van der Waals surface area contributed by atoms with Gasteiger partial charge in [-0.1, -0.05) is 65.8 Å². The number of carbonyl (C=O) groups is 3. The van der Waals surface area contributed by atoms with Crippen LogP contribution in [0.15, 0.2) is 88.3 Å². The molecule has 0 saturated carbocycles. The average molecular weight is 479 g/mol. The fourth-order valence-corrected chi connectivity index (χ4v) is 4.52. The molecule has 8 heteroatoms. The number of hydrogen-bond donors (Lipinski definition) is 1. The summed E-state index contributed by atoms with van der Waals surface area (Å²) in [5.41, 5.74) is 1.95. The maximum absolute atomic E-state index is 13.2. The first kappa shape index (κ1) is 22.6. The van der Waals surface area contributed by atoms with Crippen LogP contribution in [0.4, 0.5) is 11.4 Å². The standard InChI is InChI=1S/C25H19ClN2O4S/c1-16(29)27-19(13-17-7-3-2-4-8-17)25(31)32-15-24(30)28-20-9-5-6-10-22(20)33-23-12-11-18(26)14-21(23)28/h2-14H,15H2,1H3,(H,27,29)/b19-13+. The zero-order valence-electron chi connectivity index (χ0n) is 17.6. The highest BCUT2D eigenvalue weighted by molar-refractivity contribution is 7.99. The molecule has 3 aromatic rings. The second-order valence-corrected chi connectivity index (χ2v) is 8.66. The molecule has 0 unspecified atom stereocenters. The number of para-hydroxylation sites is 1. The van der Waals surface area contributed by atoms with E-state index in [1.165, 1.54) is 29.7 Å². The van der Waals surface area contributed by atoms with E-state index < -0.39 is 24.4 Å². The van der Waals surface area contributed by atoms with Crippen LogP contribution in [0.25, 0.3) is 6.08 Å². The highest BCUT2D eigenvalue weighted by atomic mass is 35.5. The van der Waals surface area contributed by atoms with Crippen molar-refractivity contribution in [2.75, 3.05) is 11.5 Å². The van der Waals surface area contributed by atoms with Crippen molar-refractivity contribution >= 4 is 58.6 Å².